The Bertz CT molecular complexity index is 50.6. The Kier molecular flexibility index (Phi) is 0.998. The molecule has 0 saturated carbocycles. The summed E-state index contributed by atoms with van der Waals surface area (Å²) in [6, 6.07) is 0. The molecule has 2 heteroatoms. The Morgan fingerprint density at radius 1 is 1.50 bits per heavy atom. The van der Waals surface area contributed by atoms with E-state index < -0.39 is 0 Å². The molecule has 2 nitrogen and oxygen atoms in total. The van der Waals surface area contributed by atoms with Crippen LogP contribution in [-0.2, 0) is 9.47 Å². The summed E-state index contributed by atoms with van der Waals surface area (Å²) in [5.41, 5.74) is 0. The molecule has 0 aromatic carbocycles. The number of hydrogen-bond acceptors (Lipinski definition) is 2. The van der Waals surface area contributed by atoms with Crippen molar-refractivity contribution in [1.29, 1.82) is 0 Å². The average Bonchev–Trinajstić information content (AvgIpc) is 1.72. The summed E-state index contributed by atoms with van der Waals surface area (Å²) in [5.74, 6) is 0. The maximum absolute atomic E-state index is 4.71. The van der Waals surface area contributed by atoms with E-state index in [1.165, 1.54) is 6.26 Å². The molecular weight excluding hydrogens is 80.0 g/mol. The Morgan fingerprint density at radius 2 is 2.50 bits per heavy atom. The third kappa shape index (κ3) is 0.641. The standard InChI is InChI=1S/C4H5O2/c1-2-6-4-3-5-1/h1H,3-4H2. The van der Waals surface area contributed by atoms with E-state index in [-0.39, 0.29) is 0 Å². The van der Waals surface area contributed by atoms with E-state index in [4.69, 9.17) is 4.74 Å². The number of ether oxygens (including phenoxy) is 2. The molecule has 0 bridgehead atoms. The highest BCUT2D eigenvalue weighted by Gasteiger charge is 1.87. The third-order valence-electron chi connectivity index (χ3n) is 0.518. The first-order valence-corrected chi connectivity index (χ1v) is 1.81. The summed E-state index contributed by atoms with van der Waals surface area (Å²) in [6.45, 7) is 1.30. The minimum atomic E-state index is 0.635. The fourth-order valence-corrected chi connectivity index (χ4v) is 0.276. The maximum atomic E-state index is 4.71. The van der Waals surface area contributed by atoms with Gasteiger partial charge < -0.3 is 9.47 Å². The first-order chi connectivity index (χ1) is 3.00. The highest BCUT2D eigenvalue weighted by molar-refractivity contribution is 4.55. The molecule has 0 spiro atoms. The van der Waals surface area contributed by atoms with Crippen LogP contribution in [0.4, 0.5) is 0 Å². The van der Waals surface area contributed by atoms with Crippen LogP contribution in [-0.4, -0.2) is 13.2 Å². The zero-order valence-corrected chi connectivity index (χ0v) is 3.31. The van der Waals surface area contributed by atoms with Crippen LogP contribution in [0.5, 0.6) is 0 Å². The summed E-state index contributed by atoms with van der Waals surface area (Å²) >= 11 is 0. The van der Waals surface area contributed by atoms with E-state index in [2.05, 4.69) is 11.0 Å². The quantitative estimate of drug-likeness (QED) is 0.421. The SMILES string of the molecule is [C]1=COCCO1. The minimum Gasteiger partial charge on any atom is -0.494 e. The van der Waals surface area contributed by atoms with Gasteiger partial charge in [0.1, 0.15) is 19.5 Å². The van der Waals surface area contributed by atoms with Crippen LogP contribution in [0.1, 0.15) is 0 Å². The van der Waals surface area contributed by atoms with E-state index in [0.717, 1.165) is 0 Å². The summed E-state index contributed by atoms with van der Waals surface area (Å²) in [4.78, 5) is 0. The molecule has 0 unspecified atom stereocenters. The summed E-state index contributed by atoms with van der Waals surface area (Å²) in [7, 11) is 0. The van der Waals surface area contributed by atoms with Crippen molar-refractivity contribution in [3.8, 4) is 0 Å². The molecule has 1 heterocycles. The van der Waals surface area contributed by atoms with Crippen molar-refractivity contribution in [2.24, 2.45) is 0 Å². The van der Waals surface area contributed by atoms with Gasteiger partial charge in [0, 0.05) is 0 Å². The van der Waals surface area contributed by atoms with Crippen LogP contribution >= 0.6 is 0 Å². The summed E-state index contributed by atoms with van der Waals surface area (Å²) in [6.07, 6.45) is 3.86. The van der Waals surface area contributed by atoms with Crippen molar-refractivity contribution in [2.75, 3.05) is 13.2 Å². The molecule has 0 amide bonds. The lowest BCUT2D eigenvalue weighted by molar-refractivity contribution is 0.0941. The third-order valence-corrected chi connectivity index (χ3v) is 0.518. The van der Waals surface area contributed by atoms with E-state index in [1.54, 1.807) is 0 Å². The van der Waals surface area contributed by atoms with Crippen LogP contribution in [0.2, 0.25) is 0 Å². The normalized spacial score (nSPS) is 18.7. The minimum absolute atomic E-state index is 0.635. The molecular formula is C4H5O2. The second-order valence-corrected chi connectivity index (χ2v) is 0.955. The van der Waals surface area contributed by atoms with E-state index >= 15 is 0 Å². The van der Waals surface area contributed by atoms with Gasteiger partial charge in [-0.05, 0) is 0 Å². The fourth-order valence-electron chi connectivity index (χ4n) is 0.276. The number of rotatable bonds is 0. The summed E-state index contributed by atoms with van der Waals surface area (Å²) < 4.78 is 9.35. The van der Waals surface area contributed by atoms with Crippen molar-refractivity contribution in [3.63, 3.8) is 0 Å². The highest BCUT2D eigenvalue weighted by atomic mass is 16.5. The molecule has 0 aromatic heterocycles. The lowest BCUT2D eigenvalue weighted by Gasteiger charge is -2.03. The van der Waals surface area contributed by atoms with Crippen LogP contribution in [0.15, 0.2) is 6.26 Å². The van der Waals surface area contributed by atoms with Gasteiger partial charge in [-0.1, -0.05) is 0 Å². The van der Waals surface area contributed by atoms with E-state index in [0.29, 0.717) is 13.2 Å². The Balaban J connectivity index is 2.26. The van der Waals surface area contributed by atoms with Gasteiger partial charge in [0.2, 0.25) is 0 Å². The molecule has 0 aliphatic carbocycles. The molecule has 0 atom stereocenters. The molecule has 1 aliphatic heterocycles. The molecule has 1 radical (unpaired) electrons. The highest BCUT2D eigenvalue weighted by Crippen LogP contribution is 1.86. The first-order valence-electron chi connectivity index (χ1n) is 1.81. The lowest BCUT2D eigenvalue weighted by Crippen LogP contribution is -2.01. The monoisotopic (exact) mass is 85.0 g/mol. The van der Waals surface area contributed by atoms with Gasteiger partial charge in [0.25, 0.3) is 0 Å². The van der Waals surface area contributed by atoms with Crippen LogP contribution in [0, 0.1) is 6.26 Å². The van der Waals surface area contributed by atoms with Crippen LogP contribution < -0.4 is 0 Å². The van der Waals surface area contributed by atoms with Crippen molar-refractivity contribution >= 4 is 0 Å². The Hall–Kier alpha value is -0.660. The topological polar surface area (TPSA) is 18.5 Å². The lowest BCUT2D eigenvalue weighted by atomic mass is 10.7. The number of hydrogen-bond donors (Lipinski definition) is 0. The fraction of sp³-hybridized carbons (Fsp3) is 0.500. The first kappa shape index (κ1) is 3.53. The summed E-state index contributed by atoms with van der Waals surface area (Å²) in [5, 5.41) is 0. The second kappa shape index (κ2) is 1.70. The van der Waals surface area contributed by atoms with Crippen molar-refractivity contribution < 1.29 is 9.47 Å². The predicted octanol–water partition coefficient (Wildman–Crippen LogP) is 0.308. The van der Waals surface area contributed by atoms with Gasteiger partial charge in [-0.25, -0.2) is 0 Å². The van der Waals surface area contributed by atoms with Crippen molar-refractivity contribution in [3.05, 3.63) is 12.5 Å². The van der Waals surface area contributed by atoms with Gasteiger partial charge in [-0.2, -0.15) is 0 Å². The van der Waals surface area contributed by atoms with Gasteiger partial charge in [-0.15, -0.1) is 0 Å². The van der Waals surface area contributed by atoms with Gasteiger partial charge in [0.15, 0.2) is 6.26 Å². The Morgan fingerprint density at radius 3 is 2.67 bits per heavy atom. The average molecular weight is 85.1 g/mol. The van der Waals surface area contributed by atoms with Gasteiger partial charge >= 0.3 is 0 Å². The van der Waals surface area contributed by atoms with Gasteiger partial charge in [0.05, 0.1) is 0 Å². The molecule has 1 aliphatic rings. The zero-order chi connectivity index (χ0) is 4.24. The van der Waals surface area contributed by atoms with Crippen molar-refractivity contribution in [1.82, 2.24) is 0 Å². The molecule has 6 heavy (non-hydrogen) atoms. The molecule has 0 saturated heterocycles. The predicted molar refractivity (Wildman–Crippen MR) is 19.7 cm³/mol. The van der Waals surface area contributed by atoms with Gasteiger partial charge in [-0.3, -0.25) is 0 Å². The Labute approximate surface area is 36.4 Å². The van der Waals surface area contributed by atoms with Crippen LogP contribution in [0.25, 0.3) is 0 Å². The van der Waals surface area contributed by atoms with E-state index in [1.807, 2.05) is 0 Å². The second-order valence-electron chi connectivity index (χ2n) is 0.955. The largest absolute Gasteiger partial charge is 0.494 e. The molecule has 33 valence electrons. The maximum Gasteiger partial charge on any atom is 0.199 e. The molecule has 0 aromatic rings. The van der Waals surface area contributed by atoms with E-state index in [9.17, 15) is 0 Å². The molecule has 1 rings (SSSR count). The van der Waals surface area contributed by atoms with Crippen molar-refractivity contribution in [2.45, 2.75) is 0 Å². The molecule has 0 fully saturated rings. The zero-order valence-electron chi connectivity index (χ0n) is 3.31. The molecule has 0 N–H and O–H groups in total. The smallest absolute Gasteiger partial charge is 0.199 e. The van der Waals surface area contributed by atoms with Crippen LogP contribution in [0.3, 0.4) is 0 Å².